The Morgan fingerprint density at radius 1 is 1.08 bits per heavy atom. The number of thiophene rings is 2. The molecule has 0 bridgehead atoms. The number of hydrogen-bond acceptors (Lipinski definition) is 7. The number of nitrogens with one attached hydrogen (secondary N) is 1. The summed E-state index contributed by atoms with van der Waals surface area (Å²) in [4.78, 5) is 37.3. The van der Waals surface area contributed by atoms with E-state index in [2.05, 4.69) is 5.32 Å². The van der Waals surface area contributed by atoms with E-state index in [1.807, 2.05) is 0 Å². The number of ether oxygens (including phenoxy) is 2. The summed E-state index contributed by atoms with van der Waals surface area (Å²) < 4.78 is 10.5. The van der Waals surface area contributed by atoms with Crippen molar-refractivity contribution in [3.05, 3.63) is 37.4 Å². The maximum atomic E-state index is 12.4. The van der Waals surface area contributed by atoms with Gasteiger partial charge in [0.15, 0.2) is 0 Å². The van der Waals surface area contributed by atoms with Crippen LogP contribution in [-0.4, -0.2) is 31.1 Å². The van der Waals surface area contributed by atoms with Gasteiger partial charge in [-0.2, -0.15) is 0 Å². The lowest BCUT2D eigenvalue weighted by molar-refractivity contribution is 0.0527. The van der Waals surface area contributed by atoms with Gasteiger partial charge in [-0.25, -0.2) is 9.59 Å². The van der Waals surface area contributed by atoms with Crippen molar-refractivity contribution in [2.45, 2.75) is 20.8 Å². The highest BCUT2D eigenvalue weighted by atomic mass is 35.5. The molecule has 0 aliphatic carbocycles. The van der Waals surface area contributed by atoms with E-state index in [-0.39, 0.29) is 28.7 Å². The molecule has 0 saturated carbocycles. The highest BCUT2D eigenvalue weighted by Gasteiger charge is 2.27. The minimum atomic E-state index is -0.605. The van der Waals surface area contributed by atoms with E-state index >= 15 is 0 Å². The number of halogens is 1. The number of anilines is 1. The summed E-state index contributed by atoms with van der Waals surface area (Å²) in [6.07, 6.45) is 0. The molecule has 2 heterocycles. The molecule has 2 aromatic rings. The zero-order valence-corrected chi connectivity index (χ0v) is 16.2. The average Bonchev–Trinajstić information content (AvgIpc) is 3.12. The quantitative estimate of drug-likeness (QED) is 0.726. The van der Waals surface area contributed by atoms with Gasteiger partial charge in [0.1, 0.15) is 9.88 Å². The Kier molecular flexibility index (Phi) is 6.57. The van der Waals surface area contributed by atoms with Gasteiger partial charge in [-0.3, -0.25) is 4.79 Å². The minimum absolute atomic E-state index is 0.158. The molecule has 0 aromatic carbocycles. The molecule has 6 nitrogen and oxygen atoms in total. The van der Waals surface area contributed by atoms with Gasteiger partial charge in [-0.15, -0.1) is 22.7 Å². The highest BCUT2D eigenvalue weighted by Crippen LogP contribution is 2.35. The molecule has 0 aliphatic heterocycles. The molecule has 0 atom stereocenters. The molecule has 0 radical (unpaired) electrons. The summed E-state index contributed by atoms with van der Waals surface area (Å²) in [5.74, 6) is -1.57. The molecule has 0 fully saturated rings. The lowest BCUT2D eigenvalue weighted by Crippen LogP contribution is -2.14. The fraction of sp³-hybridized carbons (Fsp3) is 0.312. The molecular weight excluding hydrogens is 386 g/mol. The Bertz CT molecular complexity index is 812. The second-order valence-electron chi connectivity index (χ2n) is 4.76. The first-order chi connectivity index (χ1) is 11.9. The largest absolute Gasteiger partial charge is 0.462 e. The molecule has 0 unspecified atom stereocenters. The average molecular weight is 402 g/mol. The Balaban J connectivity index is 2.40. The number of carbonyl (C=O) groups is 3. The summed E-state index contributed by atoms with van der Waals surface area (Å²) in [5.41, 5.74) is 0.576. The van der Waals surface area contributed by atoms with Crippen LogP contribution in [0.5, 0.6) is 0 Å². The van der Waals surface area contributed by atoms with E-state index in [0.717, 1.165) is 22.7 Å². The zero-order chi connectivity index (χ0) is 18.6. The van der Waals surface area contributed by atoms with Gasteiger partial charge in [0.05, 0.1) is 28.0 Å². The summed E-state index contributed by atoms with van der Waals surface area (Å²) in [6.45, 7) is 5.37. The second kappa shape index (κ2) is 8.46. The van der Waals surface area contributed by atoms with Gasteiger partial charge < -0.3 is 14.8 Å². The monoisotopic (exact) mass is 401 g/mol. The number of rotatable bonds is 6. The van der Waals surface area contributed by atoms with Gasteiger partial charge >= 0.3 is 11.9 Å². The SMILES string of the molecule is CCOC(=O)c1sc(NC(=O)c2ccc(Cl)s2)c(C(=O)OCC)c1C. The second-order valence-corrected chi connectivity index (χ2v) is 7.49. The lowest BCUT2D eigenvalue weighted by Gasteiger charge is -2.06. The van der Waals surface area contributed by atoms with Crippen molar-refractivity contribution in [2.75, 3.05) is 18.5 Å². The predicted octanol–water partition coefficient (Wildman–Crippen LogP) is 4.38. The maximum absolute atomic E-state index is 12.4. The van der Waals surface area contributed by atoms with E-state index in [1.54, 1.807) is 32.9 Å². The highest BCUT2D eigenvalue weighted by molar-refractivity contribution is 7.19. The van der Waals surface area contributed by atoms with Gasteiger partial charge in [0.25, 0.3) is 5.91 Å². The van der Waals surface area contributed by atoms with Gasteiger partial charge in [0.2, 0.25) is 0 Å². The van der Waals surface area contributed by atoms with E-state index < -0.39 is 17.8 Å². The van der Waals surface area contributed by atoms with Crippen molar-refractivity contribution in [3.8, 4) is 0 Å². The summed E-state index contributed by atoms with van der Waals surface area (Å²) >= 11 is 7.94. The van der Waals surface area contributed by atoms with Gasteiger partial charge in [-0.1, -0.05) is 11.6 Å². The minimum Gasteiger partial charge on any atom is -0.462 e. The van der Waals surface area contributed by atoms with Crippen LogP contribution in [0.3, 0.4) is 0 Å². The van der Waals surface area contributed by atoms with Crippen molar-refractivity contribution < 1.29 is 23.9 Å². The van der Waals surface area contributed by atoms with E-state index in [4.69, 9.17) is 21.1 Å². The first-order valence-electron chi connectivity index (χ1n) is 7.43. The number of amides is 1. The Morgan fingerprint density at radius 2 is 1.72 bits per heavy atom. The van der Waals surface area contributed by atoms with Crippen LogP contribution < -0.4 is 5.32 Å². The van der Waals surface area contributed by atoms with Crippen LogP contribution in [0.15, 0.2) is 12.1 Å². The molecule has 0 aliphatic rings. The molecule has 1 N–H and O–H groups in total. The molecule has 0 saturated heterocycles. The number of esters is 2. The first kappa shape index (κ1) is 19.4. The van der Waals surface area contributed by atoms with Crippen LogP contribution in [0.2, 0.25) is 4.34 Å². The van der Waals surface area contributed by atoms with E-state index in [1.165, 1.54) is 0 Å². The van der Waals surface area contributed by atoms with Crippen LogP contribution in [0.4, 0.5) is 5.00 Å². The van der Waals surface area contributed by atoms with Crippen molar-refractivity contribution in [3.63, 3.8) is 0 Å². The third-order valence-corrected chi connectivity index (χ3v) is 5.53. The van der Waals surface area contributed by atoms with Crippen LogP contribution >= 0.6 is 34.3 Å². The third kappa shape index (κ3) is 4.39. The zero-order valence-electron chi connectivity index (χ0n) is 13.8. The smallest absolute Gasteiger partial charge is 0.348 e. The van der Waals surface area contributed by atoms with Gasteiger partial charge in [0, 0.05) is 0 Å². The van der Waals surface area contributed by atoms with Gasteiger partial charge in [-0.05, 0) is 38.5 Å². The molecule has 9 heteroatoms. The van der Waals surface area contributed by atoms with Crippen molar-refractivity contribution in [2.24, 2.45) is 0 Å². The topological polar surface area (TPSA) is 81.7 Å². The maximum Gasteiger partial charge on any atom is 0.348 e. The molecule has 0 spiro atoms. The number of hydrogen-bond donors (Lipinski definition) is 1. The standard InChI is InChI=1S/C16H16ClNO5S2/c1-4-22-15(20)11-8(3)12(16(21)23-5-2)25-14(11)18-13(19)9-6-7-10(17)24-9/h6-7H,4-5H2,1-3H3,(H,18,19). The molecule has 2 rings (SSSR count). The lowest BCUT2D eigenvalue weighted by atomic mass is 10.1. The van der Waals surface area contributed by atoms with E-state index in [0.29, 0.717) is 14.8 Å². The fourth-order valence-electron chi connectivity index (χ4n) is 2.04. The van der Waals surface area contributed by atoms with Crippen LogP contribution in [-0.2, 0) is 9.47 Å². The summed E-state index contributed by atoms with van der Waals surface area (Å²) in [6, 6.07) is 3.19. The van der Waals surface area contributed by atoms with E-state index in [9.17, 15) is 14.4 Å². The molecule has 1 amide bonds. The Hall–Kier alpha value is -1.90. The Labute approximate surface area is 157 Å². The molecule has 25 heavy (non-hydrogen) atoms. The Morgan fingerprint density at radius 3 is 2.28 bits per heavy atom. The van der Waals surface area contributed by atoms with Crippen molar-refractivity contribution in [1.82, 2.24) is 0 Å². The first-order valence-corrected chi connectivity index (χ1v) is 9.44. The molecule has 2 aromatic heterocycles. The number of carbonyl (C=O) groups excluding carboxylic acids is 3. The summed E-state index contributed by atoms with van der Waals surface area (Å²) in [7, 11) is 0. The van der Waals surface area contributed by atoms with Crippen molar-refractivity contribution in [1.29, 1.82) is 0 Å². The fourth-order valence-corrected chi connectivity index (χ4v) is 4.07. The van der Waals surface area contributed by atoms with Crippen LogP contribution in [0.1, 0.15) is 49.1 Å². The predicted molar refractivity (Wildman–Crippen MR) is 98.3 cm³/mol. The van der Waals surface area contributed by atoms with Crippen molar-refractivity contribution >= 4 is 57.1 Å². The normalized spacial score (nSPS) is 10.4. The third-order valence-electron chi connectivity index (χ3n) is 3.11. The molecule has 134 valence electrons. The molecular formula is C16H16ClNO5S2. The van der Waals surface area contributed by atoms with Crippen LogP contribution in [0, 0.1) is 6.92 Å². The summed E-state index contributed by atoms with van der Waals surface area (Å²) in [5, 5.41) is 2.90. The van der Waals surface area contributed by atoms with Crippen LogP contribution in [0.25, 0.3) is 0 Å².